The minimum Gasteiger partial charge on any atom is -0.465 e. The van der Waals surface area contributed by atoms with Crippen LogP contribution in [0.2, 0.25) is 0 Å². The van der Waals surface area contributed by atoms with Crippen LogP contribution in [0.4, 0.5) is 10.1 Å². The van der Waals surface area contributed by atoms with Crippen LogP contribution in [0.3, 0.4) is 0 Å². The maximum absolute atomic E-state index is 13.7. The Labute approximate surface area is 155 Å². The van der Waals surface area contributed by atoms with Crippen molar-refractivity contribution in [3.63, 3.8) is 0 Å². The molecule has 0 aliphatic carbocycles. The average molecular weight is 365 g/mol. The molecule has 1 aromatic carbocycles. The lowest BCUT2D eigenvalue weighted by Gasteiger charge is -2.45. The Hall–Kier alpha value is -1.95. The molecule has 6 heteroatoms. The molecule has 1 fully saturated rings. The number of nitrogens with zero attached hydrogens (tertiary/aromatic N) is 1. The van der Waals surface area contributed by atoms with Crippen LogP contribution in [0.25, 0.3) is 0 Å². The highest BCUT2D eigenvalue weighted by molar-refractivity contribution is 6.03. The topological polar surface area (TPSA) is 55.4 Å². The zero-order valence-corrected chi connectivity index (χ0v) is 16.2. The quantitative estimate of drug-likeness (QED) is 0.618. The van der Waals surface area contributed by atoms with Gasteiger partial charge in [0, 0.05) is 6.42 Å². The van der Waals surface area contributed by atoms with Crippen LogP contribution >= 0.6 is 0 Å². The Morgan fingerprint density at radius 3 is 2.42 bits per heavy atom. The van der Waals surface area contributed by atoms with Crippen LogP contribution < -0.4 is 5.32 Å². The molecule has 1 atom stereocenters. The van der Waals surface area contributed by atoms with E-state index in [1.54, 1.807) is 6.92 Å². The van der Waals surface area contributed by atoms with Crippen LogP contribution in [0.15, 0.2) is 12.1 Å². The largest absolute Gasteiger partial charge is 0.465 e. The summed E-state index contributed by atoms with van der Waals surface area (Å²) in [6.45, 7) is 8.72. The first kappa shape index (κ1) is 20.4. The van der Waals surface area contributed by atoms with Gasteiger partial charge < -0.3 is 14.5 Å². The van der Waals surface area contributed by atoms with E-state index < -0.39 is 11.8 Å². The normalized spacial score (nSPS) is 17.4. The van der Waals surface area contributed by atoms with Crippen molar-refractivity contribution < 1.29 is 23.2 Å². The molecule has 144 valence electrons. The van der Waals surface area contributed by atoms with E-state index in [9.17, 15) is 14.0 Å². The number of rotatable bonds is 6. The number of ether oxygens (including phenoxy) is 1. The number of nitrogens with one attached hydrogen (secondary N) is 1. The van der Waals surface area contributed by atoms with Gasteiger partial charge in [-0.1, -0.05) is 6.92 Å². The average Bonchev–Trinajstić information content (AvgIpc) is 2.64. The summed E-state index contributed by atoms with van der Waals surface area (Å²) in [5, 5.41) is 2.91. The van der Waals surface area contributed by atoms with Crippen molar-refractivity contribution in [3.05, 3.63) is 29.1 Å². The van der Waals surface area contributed by atoms with E-state index in [0.717, 1.165) is 43.0 Å². The predicted molar refractivity (Wildman–Crippen MR) is 99.6 cm³/mol. The zero-order valence-electron chi connectivity index (χ0n) is 16.2. The van der Waals surface area contributed by atoms with E-state index in [4.69, 9.17) is 4.74 Å². The lowest BCUT2D eigenvalue weighted by atomic mass is 10.00. The van der Waals surface area contributed by atoms with Gasteiger partial charge in [-0.05, 0) is 50.8 Å². The molecule has 0 spiro atoms. The van der Waals surface area contributed by atoms with Gasteiger partial charge in [-0.3, -0.25) is 4.79 Å². The molecule has 0 radical (unpaired) electrons. The number of quaternary nitrogens is 1. The fourth-order valence-corrected chi connectivity index (χ4v) is 4.20. The monoisotopic (exact) mass is 365 g/mol. The molecule has 26 heavy (non-hydrogen) atoms. The van der Waals surface area contributed by atoms with Crippen LogP contribution in [-0.4, -0.2) is 49.1 Å². The molecule has 1 aliphatic heterocycles. The molecule has 1 saturated heterocycles. The van der Waals surface area contributed by atoms with Crippen molar-refractivity contribution in [3.8, 4) is 0 Å². The fraction of sp³-hybridized carbons (Fsp3) is 0.600. The molecule has 1 amide bonds. The Kier molecular flexibility index (Phi) is 6.75. The molecule has 2 rings (SSSR count). The maximum atomic E-state index is 13.7. The van der Waals surface area contributed by atoms with Gasteiger partial charge in [0.15, 0.2) is 6.04 Å². The third-order valence-electron chi connectivity index (χ3n) is 5.64. The molecule has 0 saturated carbocycles. The minimum atomic E-state index is -0.659. The molecule has 1 N–H and O–H groups in total. The first-order valence-electron chi connectivity index (χ1n) is 9.43. The molecular formula is C20H30FN2O3+. The van der Waals surface area contributed by atoms with E-state index >= 15 is 0 Å². The molecule has 1 aromatic rings. The van der Waals surface area contributed by atoms with Gasteiger partial charge >= 0.3 is 5.97 Å². The third kappa shape index (κ3) is 4.06. The SMILES string of the molecule is CCC(C(=O)Nc1c(C)cc(F)cc1C(=O)OC)[N+]1(CC)CCCCC1. The Morgan fingerprint density at radius 2 is 1.88 bits per heavy atom. The molecule has 1 aliphatic rings. The summed E-state index contributed by atoms with van der Waals surface area (Å²) < 4.78 is 19.3. The van der Waals surface area contributed by atoms with Gasteiger partial charge in [0.25, 0.3) is 5.91 Å². The van der Waals surface area contributed by atoms with Crippen molar-refractivity contribution in [2.75, 3.05) is 32.1 Å². The highest BCUT2D eigenvalue weighted by Crippen LogP contribution is 2.28. The fourth-order valence-electron chi connectivity index (χ4n) is 4.20. The number of amides is 1. The number of carbonyl (C=O) groups excluding carboxylic acids is 2. The van der Waals surface area contributed by atoms with E-state index in [0.29, 0.717) is 17.7 Å². The van der Waals surface area contributed by atoms with Gasteiger partial charge in [0.2, 0.25) is 0 Å². The van der Waals surface area contributed by atoms with E-state index in [1.807, 2.05) is 6.92 Å². The van der Waals surface area contributed by atoms with Crippen molar-refractivity contribution in [1.82, 2.24) is 0 Å². The van der Waals surface area contributed by atoms with Crippen molar-refractivity contribution in [2.24, 2.45) is 0 Å². The first-order chi connectivity index (χ1) is 12.4. The number of piperidine rings is 1. The summed E-state index contributed by atoms with van der Waals surface area (Å²) in [5.41, 5.74) is 0.901. The second kappa shape index (κ2) is 8.62. The van der Waals surface area contributed by atoms with E-state index in [2.05, 4.69) is 12.2 Å². The number of methoxy groups -OCH3 is 1. The summed E-state index contributed by atoms with van der Waals surface area (Å²) in [4.78, 5) is 25.2. The summed E-state index contributed by atoms with van der Waals surface area (Å²) >= 11 is 0. The standard InChI is InChI=1S/C20H29FN2O3/c1-5-17(23(6-2)10-8-7-9-11-23)19(24)22-18-14(3)12-15(21)13-16(18)20(25)26-4/h12-13,17H,5-11H2,1-4H3/p+1. The number of likely N-dealkylation sites (N-methyl/N-ethyl adjacent to an activating group) is 1. The number of likely N-dealkylation sites (tertiary alicyclic amines) is 1. The number of hydrogen-bond donors (Lipinski definition) is 1. The summed E-state index contributed by atoms with van der Waals surface area (Å²) in [5.74, 6) is -1.30. The van der Waals surface area contributed by atoms with E-state index in [-0.39, 0.29) is 17.5 Å². The Balaban J connectivity index is 2.34. The molecule has 0 aromatic heterocycles. The second-order valence-electron chi connectivity index (χ2n) is 7.09. The third-order valence-corrected chi connectivity index (χ3v) is 5.64. The summed E-state index contributed by atoms with van der Waals surface area (Å²) in [7, 11) is 1.24. The first-order valence-corrected chi connectivity index (χ1v) is 9.43. The summed E-state index contributed by atoms with van der Waals surface area (Å²) in [6, 6.07) is 2.24. The number of halogens is 1. The van der Waals surface area contributed by atoms with Gasteiger partial charge in [-0.2, -0.15) is 0 Å². The molecule has 1 unspecified atom stereocenters. The second-order valence-corrected chi connectivity index (χ2v) is 7.09. The smallest absolute Gasteiger partial charge is 0.340 e. The highest BCUT2D eigenvalue weighted by Gasteiger charge is 2.40. The number of hydrogen-bond acceptors (Lipinski definition) is 3. The number of esters is 1. The number of carbonyl (C=O) groups is 2. The highest BCUT2D eigenvalue weighted by atomic mass is 19.1. The zero-order chi connectivity index (χ0) is 19.3. The van der Waals surface area contributed by atoms with Gasteiger partial charge in [-0.15, -0.1) is 0 Å². The molecule has 0 bridgehead atoms. The van der Waals surface area contributed by atoms with Crippen LogP contribution in [0, 0.1) is 12.7 Å². The Morgan fingerprint density at radius 1 is 1.23 bits per heavy atom. The van der Waals surface area contributed by atoms with Crippen LogP contribution in [0.1, 0.15) is 55.5 Å². The molecule has 5 nitrogen and oxygen atoms in total. The lowest BCUT2D eigenvalue weighted by molar-refractivity contribution is -0.945. The molecule has 1 heterocycles. The summed E-state index contributed by atoms with van der Waals surface area (Å²) in [6.07, 6.45) is 4.18. The van der Waals surface area contributed by atoms with Crippen LogP contribution in [-0.2, 0) is 9.53 Å². The van der Waals surface area contributed by atoms with E-state index in [1.165, 1.54) is 19.6 Å². The van der Waals surface area contributed by atoms with Crippen molar-refractivity contribution in [2.45, 2.75) is 52.5 Å². The minimum absolute atomic E-state index is 0.0508. The number of anilines is 1. The van der Waals surface area contributed by atoms with Crippen molar-refractivity contribution in [1.29, 1.82) is 0 Å². The molecular weight excluding hydrogens is 335 g/mol. The van der Waals surface area contributed by atoms with Gasteiger partial charge in [0.1, 0.15) is 5.82 Å². The lowest BCUT2D eigenvalue weighted by Crippen LogP contribution is -2.61. The maximum Gasteiger partial charge on any atom is 0.340 e. The predicted octanol–water partition coefficient (Wildman–Crippen LogP) is 3.66. The number of benzene rings is 1. The Bertz CT molecular complexity index is 669. The van der Waals surface area contributed by atoms with Crippen molar-refractivity contribution >= 4 is 17.6 Å². The van der Waals surface area contributed by atoms with Crippen LogP contribution in [0.5, 0.6) is 0 Å². The van der Waals surface area contributed by atoms with Gasteiger partial charge in [-0.25, -0.2) is 9.18 Å². The van der Waals surface area contributed by atoms with Gasteiger partial charge in [0.05, 0.1) is 38.0 Å². The number of aryl methyl sites for hydroxylation is 1.